The molecule has 0 fully saturated rings. The van der Waals surface area contributed by atoms with Gasteiger partial charge in [-0.05, 0) is 29.8 Å². The van der Waals surface area contributed by atoms with E-state index < -0.39 is 5.97 Å². The first-order valence-corrected chi connectivity index (χ1v) is 6.16. The monoisotopic (exact) mass is 290 g/mol. The van der Waals surface area contributed by atoms with Crippen molar-refractivity contribution in [2.45, 2.75) is 6.42 Å². The highest BCUT2D eigenvalue weighted by atomic mass is 35.5. The minimum absolute atomic E-state index is 0.0407. The zero-order chi connectivity index (χ0) is 14.5. The number of nitrogens with one attached hydrogen (secondary N) is 1. The second-order valence-corrected chi connectivity index (χ2v) is 4.49. The maximum Gasteiger partial charge on any atom is 0.339 e. The van der Waals surface area contributed by atoms with Gasteiger partial charge in [0.05, 0.1) is 6.42 Å². The SMILES string of the molecule is O=C(Cc1ccc(Cl)cc1)Nc1ncccc1C(=O)O. The van der Waals surface area contributed by atoms with Gasteiger partial charge in [0.1, 0.15) is 11.4 Å². The van der Waals surface area contributed by atoms with Gasteiger partial charge in [-0.2, -0.15) is 0 Å². The lowest BCUT2D eigenvalue weighted by molar-refractivity contribution is -0.115. The normalized spacial score (nSPS) is 10.1. The summed E-state index contributed by atoms with van der Waals surface area (Å²) < 4.78 is 0. The molecule has 0 radical (unpaired) electrons. The largest absolute Gasteiger partial charge is 0.478 e. The maximum atomic E-state index is 11.9. The first-order chi connectivity index (χ1) is 9.56. The van der Waals surface area contributed by atoms with Gasteiger partial charge in [0.2, 0.25) is 5.91 Å². The van der Waals surface area contributed by atoms with E-state index >= 15 is 0 Å². The van der Waals surface area contributed by atoms with Gasteiger partial charge in [-0.1, -0.05) is 23.7 Å². The van der Waals surface area contributed by atoms with Crippen LogP contribution in [0.4, 0.5) is 5.82 Å². The summed E-state index contributed by atoms with van der Waals surface area (Å²) in [7, 11) is 0. The van der Waals surface area contributed by atoms with Crippen LogP contribution in [0.2, 0.25) is 5.02 Å². The number of rotatable bonds is 4. The topological polar surface area (TPSA) is 79.3 Å². The van der Waals surface area contributed by atoms with Crippen molar-refractivity contribution < 1.29 is 14.7 Å². The van der Waals surface area contributed by atoms with Crippen molar-refractivity contribution in [1.29, 1.82) is 0 Å². The number of carbonyl (C=O) groups excluding carboxylic acids is 1. The van der Waals surface area contributed by atoms with Gasteiger partial charge in [-0.15, -0.1) is 0 Å². The van der Waals surface area contributed by atoms with Crippen LogP contribution in [0.3, 0.4) is 0 Å². The number of pyridine rings is 1. The van der Waals surface area contributed by atoms with E-state index in [9.17, 15) is 9.59 Å². The van der Waals surface area contributed by atoms with Crippen LogP contribution in [0.1, 0.15) is 15.9 Å². The Morgan fingerprint density at radius 2 is 1.90 bits per heavy atom. The third kappa shape index (κ3) is 3.55. The highest BCUT2D eigenvalue weighted by molar-refractivity contribution is 6.30. The Bertz CT molecular complexity index is 641. The van der Waals surface area contributed by atoms with Crippen molar-refractivity contribution in [3.8, 4) is 0 Å². The molecule has 0 atom stereocenters. The van der Waals surface area contributed by atoms with Crippen molar-refractivity contribution in [1.82, 2.24) is 4.98 Å². The molecule has 2 N–H and O–H groups in total. The number of hydrogen-bond acceptors (Lipinski definition) is 3. The summed E-state index contributed by atoms with van der Waals surface area (Å²) in [5.41, 5.74) is 0.733. The zero-order valence-corrected chi connectivity index (χ0v) is 11.1. The van der Waals surface area contributed by atoms with Crippen molar-refractivity contribution in [3.63, 3.8) is 0 Å². The van der Waals surface area contributed by atoms with Crippen LogP contribution in [-0.4, -0.2) is 22.0 Å². The Labute approximate surface area is 120 Å². The standard InChI is InChI=1S/C14H11ClN2O3/c15-10-5-3-9(4-6-10)8-12(18)17-13-11(14(19)20)2-1-7-16-13/h1-7H,8H2,(H,19,20)(H,16,17,18). The van der Waals surface area contributed by atoms with Gasteiger partial charge >= 0.3 is 5.97 Å². The van der Waals surface area contributed by atoms with E-state index in [0.717, 1.165) is 5.56 Å². The summed E-state index contributed by atoms with van der Waals surface area (Å²) in [6.45, 7) is 0. The van der Waals surface area contributed by atoms with Crippen LogP contribution < -0.4 is 5.32 Å². The molecule has 1 amide bonds. The summed E-state index contributed by atoms with van der Waals surface area (Å²) in [5, 5.41) is 12.1. The van der Waals surface area contributed by atoms with E-state index in [1.807, 2.05) is 0 Å². The van der Waals surface area contributed by atoms with Crippen LogP contribution in [-0.2, 0) is 11.2 Å². The summed E-state index contributed by atoms with van der Waals surface area (Å²) in [6.07, 6.45) is 1.54. The van der Waals surface area contributed by atoms with E-state index in [-0.39, 0.29) is 23.7 Å². The van der Waals surface area contributed by atoms with E-state index in [0.29, 0.717) is 5.02 Å². The lowest BCUT2D eigenvalue weighted by Crippen LogP contribution is -2.17. The maximum absolute atomic E-state index is 11.9. The van der Waals surface area contributed by atoms with Crippen molar-refractivity contribution >= 4 is 29.3 Å². The fourth-order valence-corrected chi connectivity index (χ4v) is 1.77. The zero-order valence-electron chi connectivity index (χ0n) is 10.3. The molecule has 6 heteroatoms. The molecule has 5 nitrogen and oxygen atoms in total. The average molecular weight is 291 g/mol. The van der Waals surface area contributed by atoms with E-state index in [1.165, 1.54) is 18.3 Å². The number of halogens is 1. The van der Waals surface area contributed by atoms with Gasteiger partial charge in [0.25, 0.3) is 0 Å². The number of benzene rings is 1. The molecule has 0 bridgehead atoms. The predicted octanol–water partition coefficient (Wildman–Crippen LogP) is 2.61. The molecule has 0 aliphatic heterocycles. The Morgan fingerprint density at radius 1 is 1.20 bits per heavy atom. The number of aromatic nitrogens is 1. The van der Waals surface area contributed by atoms with Gasteiger partial charge in [-0.25, -0.2) is 9.78 Å². The summed E-state index contributed by atoms with van der Waals surface area (Å²) in [6, 6.07) is 9.73. The number of amides is 1. The van der Waals surface area contributed by atoms with Gasteiger partial charge in [0.15, 0.2) is 0 Å². The number of carbonyl (C=O) groups is 2. The number of carboxylic acids is 1. The molecule has 0 aliphatic rings. The second-order valence-electron chi connectivity index (χ2n) is 4.06. The van der Waals surface area contributed by atoms with Crippen LogP contribution >= 0.6 is 11.6 Å². The molecule has 0 saturated carbocycles. The minimum Gasteiger partial charge on any atom is -0.478 e. The number of nitrogens with zero attached hydrogens (tertiary/aromatic N) is 1. The fraction of sp³-hybridized carbons (Fsp3) is 0.0714. The Kier molecular flexibility index (Phi) is 4.32. The Morgan fingerprint density at radius 3 is 2.55 bits per heavy atom. The summed E-state index contributed by atoms with van der Waals surface area (Å²) in [4.78, 5) is 26.7. The first kappa shape index (κ1) is 14.0. The number of hydrogen-bond donors (Lipinski definition) is 2. The van der Waals surface area contributed by atoms with Crippen molar-refractivity contribution in [2.75, 3.05) is 5.32 Å². The molecule has 1 heterocycles. The molecule has 1 aromatic heterocycles. The van der Waals surface area contributed by atoms with Crippen LogP contribution in [0.25, 0.3) is 0 Å². The molecule has 102 valence electrons. The smallest absolute Gasteiger partial charge is 0.339 e. The van der Waals surface area contributed by atoms with Crippen molar-refractivity contribution in [2.24, 2.45) is 0 Å². The minimum atomic E-state index is -1.14. The lowest BCUT2D eigenvalue weighted by Gasteiger charge is -2.07. The molecule has 0 spiro atoms. The van der Waals surface area contributed by atoms with Gasteiger partial charge in [-0.3, -0.25) is 4.79 Å². The molecule has 0 unspecified atom stereocenters. The summed E-state index contributed by atoms with van der Waals surface area (Å²) >= 11 is 5.76. The first-order valence-electron chi connectivity index (χ1n) is 5.79. The van der Waals surface area contributed by atoms with Crippen LogP contribution in [0.15, 0.2) is 42.6 Å². The van der Waals surface area contributed by atoms with Gasteiger partial charge < -0.3 is 10.4 Å². The average Bonchev–Trinajstić information content (AvgIpc) is 2.41. The Hall–Kier alpha value is -2.40. The fourth-order valence-electron chi connectivity index (χ4n) is 1.64. The molecule has 20 heavy (non-hydrogen) atoms. The van der Waals surface area contributed by atoms with Crippen molar-refractivity contribution in [3.05, 3.63) is 58.7 Å². The number of carboxylic acid groups (broad SMARTS) is 1. The van der Waals surface area contributed by atoms with Crippen LogP contribution in [0, 0.1) is 0 Å². The summed E-state index contributed by atoms with van der Waals surface area (Å²) in [5.74, 6) is -1.44. The van der Waals surface area contributed by atoms with Gasteiger partial charge in [0, 0.05) is 11.2 Å². The highest BCUT2D eigenvalue weighted by Crippen LogP contribution is 2.13. The molecular formula is C14H11ClN2O3. The predicted molar refractivity (Wildman–Crippen MR) is 75.0 cm³/mol. The quantitative estimate of drug-likeness (QED) is 0.907. The number of aromatic carboxylic acids is 1. The molecule has 0 saturated heterocycles. The highest BCUT2D eigenvalue weighted by Gasteiger charge is 2.13. The molecule has 2 aromatic rings. The molecule has 1 aromatic carbocycles. The lowest BCUT2D eigenvalue weighted by atomic mass is 10.1. The second kappa shape index (κ2) is 6.16. The third-order valence-corrected chi connectivity index (χ3v) is 2.83. The Balaban J connectivity index is 2.08. The third-order valence-electron chi connectivity index (χ3n) is 2.57. The van der Waals surface area contributed by atoms with E-state index in [1.54, 1.807) is 24.3 Å². The van der Waals surface area contributed by atoms with Crippen LogP contribution in [0.5, 0.6) is 0 Å². The molecule has 0 aliphatic carbocycles. The number of anilines is 1. The molecular weight excluding hydrogens is 280 g/mol. The van der Waals surface area contributed by atoms with E-state index in [4.69, 9.17) is 16.7 Å². The van der Waals surface area contributed by atoms with E-state index in [2.05, 4.69) is 10.3 Å². The molecule has 2 rings (SSSR count).